The van der Waals surface area contributed by atoms with Crippen LogP contribution in [0.5, 0.6) is 0 Å². The highest BCUT2D eigenvalue weighted by molar-refractivity contribution is 5.74. The fourth-order valence-electron chi connectivity index (χ4n) is 1.97. The van der Waals surface area contributed by atoms with Crippen LogP contribution in [0.1, 0.15) is 17.7 Å². The second kappa shape index (κ2) is 10.9. The molecule has 0 fully saturated rings. The van der Waals surface area contributed by atoms with Crippen LogP contribution in [0.2, 0.25) is 0 Å². The van der Waals surface area contributed by atoms with Crippen molar-refractivity contribution in [1.29, 1.82) is 5.26 Å². The number of hydrogen-bond acceptors (Lipinski definition) is 3. The van der Waals surface area contributed by atoms with Crippen molar-refractivity contribution in [2.75, 3.05) is 0 Å². The topological polar surface area (TPSA) is 64.1 Å². The summed E-state index contributed by atoms with van der Waals surface area (Å²) in [5, 5.41) is 20.4. The zero-order valence-electron chi connectivity index (χ0n) is 11.8. The van der Waals surface area contributed by atoms with E-state index in [0.29, 0.717) is 5.56 Å². The van der Waals surface area contributed by atoms with E-state index in [1.807, 2.05) is 45.9 Å². The number of hydrogen-bond donors (Lipinski definition) is 1. The van der Waals surface area contributed by atoms with Crippen LogP contribution in [0.15, 0.2) is 54.1 Å². The van der Waals surface area contributed by atoms with Crippen molar-refractivity contribution in [3.05, 3.63) is 60.2 Å². The smallest absolute Gasteiger partial charge is 0.227 e. The molecule has 0 amide bonds. The molecule has 0 aromatic carbocycles. The Morgan fingerprint density at radius 2 is 1.82 bits per heavy atom. The van der Waals surface area contributed by atoms with Crippen molar-refractivity contribution < 1.29 is 48.3 Å². The lowest BCUT2D eigenvalue weighted by atomic mass is 10.3. The third kappa shape index (κ3) is 5.92. The lowest BCUT2D eigenvalue weighted by Crippen LogP contribution is -3.00. The van der Waals surface area contributed by atoms with Crippen molar-refractivity contribution in [3.8, 4) is 6.07 Å². The lowest BCUT2D eigenvalue weighted by Gasteiger charge is -1.99. The van der Waals surface area contributed by atoms with Gasteiger partial charge in [-0.25, -0.2) is 4.57 Å². The minimum atomic E-state index is 0. The summed E-state index contributed by atoms with van der Waals surface area (Å²) >= 11 is 0. The van der Waals surface area contributed by atoms with E-state index in [1.54, 1.807) is 12.1 Å². The number of halogens is 2. The predicted octanol–water partition coefficient (Wildman–Crippen LogP) is -4.96. The van der Waals surface area contributed by atoms with Gasteiger partial charge in [0.15, 0.2) is 31.7 Å². The monoisotopic (exact) mass is 426 g/mol. The molecule has 0 unspecified atom stereocenters. The SMILES string of the molecule is N#Cc1cc[n+](CCC[n+]2ccccc2/C=N/O)cc1.[Br-].[Br-]. The summed E-state index contributed by atoms with van der Waals surface area (Å²) in [6.07, 6.45) is 8.14. The minimum absolute atomic E-state index is 0. The van der Waals surface area contributed by atoms with Crippen molar-refractivity contribution >= 4 is 6.21 Å². The van der Waals surface area contributed by atoms with Crippen LogP contribution < -0.4 is 43.1 Å². The van der Waals surface area contributed by atoms with Crippen LogP contribution in [0, 0.1) is 11.3 Å². The van der Waals surface area contributed by atoms with Crippen LogP contribution in [0.4, 0.5) is 0 Å². The molecular formula is C15H16Br2N4O. The van der Waals surface area contributed by atoms with Gasteiger partial charge in [0.2, 0.25) is 5.69 Å². The molecule has 0 aliphatic heterocycles. The zero-order valence-corrected chi connectivity index (χ0v) is 15.0. The molecule has 2 heterocycles. The summed E-state index contributed by atoms with van der Waals surface area (Å²) in [6, 6.07) is 11.5. The number of pyridine rings is 2. The fourth-order valence-corrected chi connectivity index (χ4v) is 1.97. The summed E-state index contributed by atoms with van der Waals surface area (Å²) in [5.74, 6) is 0. The molecule has 2 aromatic rings. The minimum Gasteiger partial charge on any atom is -1.00 e. The normalized spacial score (nSPS) is 9.59. The molecule has 0 aliphatic carbocycles. The Morgan fingerprint density at radius 3 is 2.45 bits per heavy atom. The van der Waals surface area contributed by atoms with Gasteiger partial charge in [-0.3, -0.25) is 0 Å². The van der Waals surface area contributed by atoms with Gasteiger partial charge in [0.1, 0.15) is 6.21 Å². The predicted molar refractivity (Wildman–Crippen MR) is 72.0 cm³/mol. The second-order valence-corrected chi connectivity index (χ2v) is 4.35. The van der Waals surface area contributed by atoms with Gasteiger partial charge in [-0.1, -0.05) is 5.16 Å². The molecule has 22 heavy (non-hydrogen) atoms. The highest BCUT2D eigenvalue weighted by atomic mass is 79.9. The maximum absolute atomic E-state index is 8.74. The first-order chi connectivity index (χ1) is 9.83. The van der Waals surface area contributed by atoms with Crippen LogP contribution in [0.25, 0.3) is 0 Å². The van der Waals surface area contributed by atoms with E-state index in [1.165, 1.54) is 6.21 Å². The van der Waals surface area contributed by atoms with Crippen LogP contribution in [0.3, 0.4) is 0 Å². The Balaban J connectivity index is 0.00000220. The van der Waals surface area contributed by atoms with E-state index >= 15 is 0 Å². The van der Waals surface area contributed by atoms with E-state index < -0.39 is 0 Å². The summed E-state index contributed by atoms with van der Waals surface area (Å²) < 4.78 is 4.08. The quantitative estimate of drug-likeness (QED) is 0.225. The Bertz CT molecular complexity index is 639. The number of aromatic nitrogens is 2. The van der Waals surface area contributed by atoms with Crippen molar-refractivity contribution in [1.82, 2.24) is 0 Å². The van der Waals surface area contributed by atoms with Gasteiger partial charge in [-0.15, -0.1) is 0 Å². The molecule has 5 nitrogen and oxygen atoms in total. The van der Waals surface area contributed by atoms with Gasteiger partial charge in [0, 0.05) is 24.3 Å². The number of rotatable bonds is 5. The molecule has 1 N–H and O–H groups in total. The van der Waals surface area contributed by atoms with Gasteiger partial charge in [-0.05, 0) is 6.07 Å². The van der Waals surface area contributed by atoms with Crippen molar-refractivity contribution in [2.45, 2.75) is 19.5 Å². The Kier molecular flexibility index (Phi) is 10.00. The summed E-state index contributed by atoms with van der Waals surface area (Å²) in [6.45, 7) is 1.69. The summed E-state index contributed by atoms with van der Waals surface area (Å²) in [7, 11) is 0. The van der Waals surface area contributed by atoms with Crippen molar-refractivity contribution in [3.63, 3.8) is 0 Å². The summed E-state index contributed by atoms with van der Waals surface area (Å²) in [5.41, 5.74) is 1.53. The molecular weight excluding hydrogens is 412 g/mol. The first kappa shape index (κ1) is 20.2. The molecule has 0 radical (unpaired) electrons. The molecule has 0 aliphatic rings. The largest absolute Gasteiger partial charge is 1.00 e. The first-order valence-electron chi connectivity index (χ1n) is 6.38. The number of nitrogens with zero attached hydrogens (tertiary/aromatic N) is 4. The second-order valence-electron chi connectivity index (χ2n) is 4.35. The van der Waals surface area contributed by atoms with E-state index in [-0.39, 0.29) is 34.0 Å². The van der Waals surface area contributed by atoms with Crippen LogP contribution >= 0.6 is 0 Å². The third-order valence-corrected chi connectivity index (χ3v) is 3.00. The maximum atomic E-state index is 8.74. The van der Waals surface area contributed by atoms with Gasteiger partial charge in [-0.2, -0.15) is 9.83 Å². The van der Waals surface area contributed by atoms with Gasteiger partial charge in [0.25, 0.3) is 0 Å². The standard InChI is InChI=1S/C15H15N4O.2BrH/c16-12-14-5-10-18(11-6-14)7-3-9-19-8-2-1-4-15(19)13-17-20;;/h1-2,4-6,8,10-11,13H,3,7,9H2;2*1H/q+1;;/p-1. The van der Waals surface area contributed by atoms with Crippen molar-refractivity contribution in [2.24, 2.45) is 5.16 Å². The van der Waals surface area contributed by atoms with Gasteiger partial charge < -0.3 is 39.2 Å². The molecule has 0 saturated carbocycles. The molecule has 7 heteroatoms. The highest BCUT2D eigenvalue weighted by Gasteiger charge is 2.09. The molecule has 2 aromatic heterocycles. The number of oxime groups is 1. The molecule has 2 rings (SSSR count). The Labute approximate surface area is 150 Å². The zero-order chi connectivity index (χ0) is 14.2. The number of nitriles is 1. The highest BCUT2D eigenvalue weighted by Crippen LogP contribution is 1.93. The Hall–Kier alpha value is -1.78. The van der Waals surface area contributed by atoms with Gasteiger partial charge >= 0.3 is 0 Å². The summed E-state index contributed by atoms with van der Waals surface area (Å²) in [4.78, 5) is 0. The maximum Gasteiger partial charge on any atom is 0.227 e. The lowest BCUT2D eigenvalue weighted by molar-refractivity contribution is -0.727. The molecule has 0 spiro atoms. The number of aryl methyl sites for hydroxylation is 2. The van der Waals surface area contributed by atoms with Crippen LogP contribution in [-0.2, 0) is 13.1 Å². The Morgan fingerprint density at radius 1 is 1.09 bits per heavy atom. The van der Waals surface area contributed by atoms with E-state index in [4.69, 9.17) is 10.5 Å². The third-order valence-electron chi connectivity index (χ3n) is 3.00. The van der Waals surface area contributed by atoms with E-state index in [2.05, 4.69) is 11.2 Å². The van der Waals surface area contributed by atoms with E-state index in [0.717, 1.165) is 25.2 Å². The average Bonchev–Trinajstić information content (AvgIpc) is 2.50. The van der Waals surface area contributed by atoms with Gasteiger partial charge in [0.05, 0.1) is 18.1 Å². The fraction of sp³-hybridized carbons (Fsp3) is 0.200. The van der Waals surface area contributed by atoms with Crippen LogP contribution in [-0.4, -0.2) is 11.4 Å². The molecule has 0 bridgehead atoms. The molecule has 0 saturated heterocycles. The first-order valence-corrected chi connectivity index (χ1v) is 6.38. The van der Waals surface area contributed by atoms with E-state index in [9.17, 15) is 0 Å². The molecule has 116 valence electrons. The average molecular weight is 428 g/mol. The molecule has 0 atom stereocenters.